The van der Waals surface area contributed by atoms with Gasteiger partial charge in [0.15, 0.2) is 11.2 Å². The van der Waals surface area contributed by atoms with Gasteiger partial charge < -0.3 is 9.67 Å². The van der Waals surface area contributed by atoms with E-state index in [1.54, 1.807) is 0 Å². The summed E-state index contributed by atoms with van der Waals surface area (Å²) in [7, 11) is 0. The van der Waals surface area contributed by atoms with Gasteiger partial charge in [0, 0.05) is 0 Å². The fourth-order valence-electron chi connectivity index (χ4n) is 1.43. The lowest BCUT2D eigenvalue weighted by atomic mass is 10.4. The number of hydrogen-bond donors (Lipinski definition) is 3. The molecule has 8 heteroatoms. The first-order valence-corrected chi connectivity index (χ1v) is 5.06. The number of aromatic nitrogens is 4. The number of aromatic amines is 2. The standard InChI is InChI=1S/C8H9ClN4O3/c9-1-4(14)2-13-3-10-6-5(13)7(15)12-8(16)11-6/h3-4,14H,1-2H2,(H2,11,12,15,16). The van der Waals surface area contributed by atoms with Gasteiger partial charge >= 0.3 is 5.69 Å². The molecule has 7 nitrogen and oxygen atoms in total. The minimum absolute atomic E-state index is 0.0565. The molecular weight excluding hydrogens is 236 g/mol. The smallest absolute Gasteiger partial charge is 0.327 e. The number of fused-ring (bicyclic) bond motifs is 1. The third-order valence-electron chi connectivity index (χ3n) is 2.10. The molecule has 0 radical (unpaired) electrons. The van der Waals surface area contributed by atoms with E-state index in [1.807, 2.05) is 0 Å². The van der Waals surface area contributed by atoms with E-state index in [-0.39, 0.29) is 23.6 Å². The molecule has 0 bridgehead atoms. The fraction of sp³-hybridized carbons (Fsp3) is 0.375. The molecule has 0 aliphatic rings. The van der Waals surface area contributed by atoms with Crippen molar-refractivity contribution in [2.24, 2.45) is 0 Å². The SMILES string of the molecule is O=c1[nH]c(=O)c2c(ncn2CC(O)CCl)[nH]1. The van der Waals surface area contributed by atoms with Gasteiger partial charge in [-0.05, 0) is 0 Å². The quantitative estimate of drug-likeness (QED) is 0.603. The summed E-state index contributed by atoms with van der Waals surface area (Å²) in [6.07, 6.45) is 0.594. The largest absolute Gasteiger partial charge is 0.390 e. The van der Waals surface area contributed by atoms with E-state index in [9.17, 15) is 14.7 Å². The lowest BCUT2D eigenvalue weighted by Gasteiger charge is -2.07. The van der Waals surface area contributed by atoms with Crippen molar-refractivity contribution >= 4 is 22.8 Å². The zero-order chi connectivity index (χ0) is 11.7. The van der Waals surface area contributed by atoms with Crippen molar-refractivity contribution in [1.82, 2.24) is 19.5 Å². The van der Waals surface area contributed by atoms with E-state index in [2.05, 4.69) is 15.0 Å². The van der Waals surface area contributed by atoms with E-state index in [0.29, 0.717) is 0 Å². The first-order valence-electron chi connectivity index (χ1n) is 4.53. The summed E-state index contributed by atoms with van der Waals surface area (Å²) in [5.74, 6) is 0.0565. The normalized spacial score (nSPS) is 13.1. The molecule has 0 fully saturated rings. The lowest BCUT2D eigenvalue weighted by molar-refractivity contribution is 0.178. The highest BCUT2D eigenvalue weighted by atomic mass is 35.5. The second-order valence-electron chi connectivity index (χ2n) is 3.31. The Labute approximate surface area is 93.7 Å². The van der Waals surface area contributed by atoms with Crippen LogP contribution in [-0.2, 0) is 6.54 Å². The maximum Gasteiger partial charge on any atom is 0.327 e. The number of rotatable bonds is 3. The highest BCUT2D eigenvalue weighted by Crippen LogP contribution is 2.04. The number of nitrogens with one attached hydrogen (secondary N) is 2. The van der Waals surface area contributed by atoms with Gasteiger partial charge in [-0.2, -0.15) is 0 Å². The summed E-state index contributed by atoms with van der Waals surface area (Å²) in [4.78, 5) is 30.8. The molecule has 16 heavy (non-hydrogen) atoms. The summed E-state index contributed by atoms with van der Waals surface area (Å²) >= 11 is 5.46. The van der Waals surface area contributed by atoms with Crippen molar-refractivity contribution in [3.63, 3.8) is 0 Å². The number of nitrogens with zero attached hydrogens (tertiary/aromatic N) is 2. The van der Waals surface area contributed by atoms with Crippen LogP contribution < -0.4 is 11.2 Å². The molecule has 1 unspecified atom stereocenters. The predicted molar refractivity (Wildman–Crippen MR) is 57.7 cm³/mol. The number of H-pyrrole nitrogens is 2. The van der Waals surface area contributed by atoms with E-state index >= 15 is 0 Å². The van der Waals surface area contributed by atoms with Crippen molar-refractivity contribution < 1.29 is 5.11 Å². The number of halogens is 1. The van der Waals surface area contributed by atoms with Crippen molar-refractivity contribution in [2.45, 2.75) is 12.6 Å². The minimum Gasteiger partial charge on any atom is -0.390 e. The number of alkyl halides is 1. The van der Waals surface area contributed by atoms with Crippen LogP contribution in [0.2, 0.25) is 0 Å². The lowest BCUT2D eigenvalue weighted by Crippen LogP contribution is -2.25. The molecule has 2 rings (SSSR count). The second kappa shape index (κ2) is 4.11. The Morgan fingerprint density at radius 3 is 2.94 bits per heavy atom. The zero-order valence-electron chi connectivity index (χ0n) is 8.11. The fourth-order valence-corrected chi connectivity index (χ4v) is 1.52. The van der Waals surface area contributed by atoms with Gasteiger partial charge in [-0.3, -0.25) is 14.8 Å². The van der Waals surface area contributed by atoms with Gasteiger partial charge in [0.1, 0.15) is 0 Å². The number of aliphatic hydroxyl groups excluding tert-OH is 1. The molecule has 0 amide bonds. The van der Waals surface area contributed by atoms with E-state index in [4.69, 9.17) is 11.6 Å². The Bertz CT molecular complexity index is 614. The van der Waals surface area contributed by atoms with Crippen LogP contribution in [0.5, 0.6) is 0 Å². The molecule has 2 heterocycles. The van der Waals surface area contributed by atoms with E-state index < -0.39 is 17.4 Å². The third-order valence-corrected chi connectivity index (χ3v) is 2.45. The number of imidazole rings is 1. The van der Waals surface area contributed by atoms with Crippen molar-refractivity contribution in [3.05, 3.63) is 27.2 Å². The van der Waals surface area contributed by atoms with Crippen LogP contribution >= 0.6 is 11.6 Å². The summed E-state index contributed by atoms with van der Waals surface area (Å²) in [5.41, 5.74) is -0.752. The maximum absolute atomic E-state index is 11.5. The van der Waals surface area contributed by atoms with Gasteiger partial charge in [-0.15, -0.1) is 11.6 Å². The summed E-state index contributed by atoms with van der Waals surface area (Å²) in [6.45, 7) is 0.148. The molecule has 86 valence electrons. The Kier molecular flexibility index (Phi) is 2.80. The summed E-state index contributed by atoms with van der Waals surface area (Å²) in [6, 6.07) is 0. The molecule has 3 N–H and O–H groups in total. The number of aliphatic hydroxyl groups is 1. The molecule has 0 aliphatic carbocycles. The van der Waals surface area contributed by atoms with Crippen LogP contribution in [0.4, 0.5) is 0 Å². The first kappa shape index (κ1) is 10.9. The van der Waals surface area contributed by atoms with Gasteiger partial charge in [0.2, 0.25) is 0 Å². The van der Waals surface area contributed by atoms with Gasteiger partial charge in [-0.1, -0.05) is 0 Å². The van der Waals surface area contributed by atoms with E-state index in [0.717, 1.165) is 0 Å². The zero-order valence-corrected chi connectivity index (χ0v) is 8.86. The highest BCUT2D eigenvalue weighted by molar-refractivity contribution is 6.18. The van der Waals surface area contributed by atoms with E-state index in [1.165, 1.54) is 10.9 Å². The summed E-state index contributed by atoms with van der Waals surface area (Å²) in [5, 5.41) is 9.37. The van der Waals surface area contributed by atoms with Gasteiger partial charge in [0.25, 0.3) is 5.56 Å². The monoisotopic (exact) mass is 244 g/mol. The molecular formula is C8H9ClN4O3. The Hall–Kier alpha value is -1.60. The Morgan fingerprint density at radius 2 is 2.25 bits per heavy atom. The minimum atomic E-state index is -0.773. The van der Waals surface area contributed by atoms with Crippen LogP contribution in [0, 0.1) is 0 Å². The maximum atomic E-state index is 11.5. The summed E-state index contributed by atoms with van der Waals surface area (Å²) < 4.78 is 1.44. The van der Waals surface area contributed by atoms with Crippen LogP contribution in [0.25, 0.3) is 11.2 Å². The topological polar surface area (TPSA) is 104 Å². The molecule has 0 saturated carbocycles. The van der Waals surface area contributed by atoms with Crippen molar-refractivity contribution in [2.75, 3.05) is 5.88 Å². The molecule has 0 spiro atoms. The molecule has 2 aromatic rings. The van der Waals surface area contributed by atoms with Gasteiger partial charge in [0.05, 0.1) is 24.9 Å². The average molecular weight is 245 g/mol. The van der Waals surface area contributed by atoms with Crippen LogP contribution in [-0.4, -0.2) is 36.6 Å². The molecule has 0 aromatic carbocycles. The predicted octanol–water partition coefficient (Wildman–Crippen LogP) is -0.987. The second-order valence-corrected chi connectivity index (χ2v) is 3.62. The Morgan fingerprint density at radius 1 is 1.50 bits per heavy atom. The van der Waals surface area contributed by atoms with Gasteiger partial charge in [-0.25, -0.2) is 9.78 Å². The van der Waals surface area contributed by atoms with Crippen molar-refractivity contribution in [3.8, 4) is 0 Å². The molecule has 2 aromatic heterocycles. The van der Waals surface area contributed by atoms with Crippen LogP contribution in [0.1, 0.15) is 0 Å². The van der Waals surface area contributed by atoms with Crippen molar-refractivity contribution in [1.29, 1.82) is 0 Å². The van der Waals surface area contributed by atoms with Crippen LogP contribution in [0.15, 0.2) is 15.9 Å². The first-order chi connectivity index (χ1) is 7.61. The Balaban J connectivity index is 2.56. The average Bonchev–Trinajstić information content (AvgIpc) is 2.61. The third kappa shape index (κ3) is 1.86. The number of hydrogen-bond acceptors (Lipinski definition) is 4. The molecule has 0 aliphatic heterocycles. The molecule has 1 atom stereocenters. The highest BCUT2D eigenvalue weighted by Gasteiger charge is 2.11. The molecule has 0 saturated heterocycles. The van der Waals surface area contributed by atoms with Crippen LogP contribution in [0.3, 0.4) is 0 Å².